The standard InChI is InChI=1S/C13H19ClN2O2/c1-10(2)16(13(17)9-15)7-8-18-12-5-3-11(14)4-6-12/h3-6,10H,7-9,15H2,1-2H3. The summed E-state index contributed by atoms with van der Waals surface area (Å²) in [6.45, 7) is 4.90. The molecule has 0 spiro atoms. The Labute approximate surface area is 113 Å². The number of nitrogens with two attached hydrogens (primary N) is 1. The maximum Gasteiger partial charge on any atom is 0.236 e. The molecule has 2 N–H and O–H groups in total. The number of benzene rings is 1. The molecule has 0 atom stereocenters. The molecule has 1 aromatic carbocycles. The van der Waals surface area contributed by atoms with Crippen LogP contribution in [0.3, 0.4) is 0 Å². The Hall–Kier alpha value is -1.26. The van der Waals surface area contributed by atoms with Gasteiger partial charge in [0.2, 0.25) is 5.91 Å². The summed E-state index contributed by atoms with van der Waals surface area (Å²) in [6.07, 6.45) is 0. The topological polar surface area (TPSA) is 55.6 Å². The molecule has 0 aliphatic heterocycles. The molecule has 0 fully saturated rings. The molecule has 0 saturated carbocycles. The van der Waals surface area contributed by atoms with Crippen LogP contribution in [0.5, 0.6) is 5.75 Å². The fourth-order valence-electron chi connectivity index (χ4n) is 1.58. The SMILES string of the molecule is CC(C)N(CCOc1ccc(Cl)cc1)C(=O)CN. The van der Waals surface area contributed by atoms with Crippen LogP contribution in [0.1, 0.15) is 13.8 Å². The van der Waals surface area contributed by atoms with Gasteiger partial charge in [0.15, 0.2) is 0 Å². The Balaban J connectivity index is 2.43. The molecule has 0 aliphatic rings. The average Bonchev–Trinajstić information content (AvgIpc) is 2.35. The highest BCUT2D eigenvalue weighted by Gasteiger charge is 2.14. The van der Waals surface area contributed by atoms with E-state index in [9.17, 15) is 4.79 Å². The van der Waals surface area contributed by atoms with E-state index < -0.39 is 0 Å². The summed E-state index contributed by atoms with van der Waals surface area (Å²) < 4.78 is 5.54. The van der Waals surface area contributed by atoms with Crippen LogP contribution in [0.15, 0.2) is 24.3 Å². The van der Waals surface area contributed by atoms with Crippen LogP contribution in [-0.2, 0) is 4.79 Å². The first kappa shape index (κ1) is 14.8. The first-order valence-electron chi connectivity index (χ1n) is 5.92. The number of hydrogen-bond acceptors (Lipinski definition) is 3. The minimum Gasteiger partial charge on any atom is -0.492 e. The Bertz CT molecular complexity index is 379. The van der Waals surface area contributed by atoms with Crippen molar-refractivity contribution in [3.8, 4) is 5.75 Å². The van der Waals surface area contributed by atoms with Crippen molar-refractivity contribution in [2.24, 2.45) is 5.73 Å². The molecule has 1 rings (SSSR count). The maximum atomic E-state index is 11.6. The van der Waals surface area contributed by atoms with E-state index >= 15 is 0 Å². The van der Waals surface area contributed by atoms with Crippen LogP contribution in [0.25, 0.3) is 0 Å². The molecule has 0 bridgehead atoms. The fraction of sp³-hybridized carbons (Fsp3) is 0.462. The average molecular weight is 271 g/mol. The van der Waals surface area contributed by atoms with E-state index in [0.29, 0.717) is 18.2 Å². The maximum absolute atomic E-state index is 11.6. The van der Waals surface area contributed by atoms with Crippen LogP contribution < -0.4 is 10.5 Å². The summed E-state index contributed by atoms with van der Waals surface area (Å²) in [5.74, 6) is 0.674. The smallest absolute Gasteiger partial charge is 0.236 e. The van der Waals surface area contributed by atoms with Crippen molar-refractivity contribution in [2.75, 3.05) is 19.7 Å². The Morgan fingerprint density at radius 2 is 2.00 bits per heavy atom. The largest absolute Gasteiger partial charge is 0.492 e. The zero-order valence-corrected chi connectivity index (χ0v) is 11.5. The second kappa shape index (κ2) is 7.24. The summed E-state index contributed by atoms with van der Waals surface area (Å²) in [5, 5.41) is 0.671. The van der Waals surface area contributed by atoms with Crippen molar-refractivity contribution < 1.29 is 9.53 Å². The number of halogens is 1. The molecule has 0 saturated heterocycles. The van der Waals surface area contributed by atoms with Gasteiger partial charge in [0, 0.05) is 11.1 Å². The summed E-state index contributed by atoms with van der Waals surface area (Å²) in [4.78, 5) is 13.3. The molecule has 100 valence electrons. The second-order valence-electron chi connectivity index (χ2n) is 4.19. The van der Waals surface area contributed by atoms with Gasteiger partial charge < -0.3 is 15.4 Å². The summed E-state index contributed by atoms with van der Waals surface area (Å²) in [5.41, 5.74) is 5.36. The number of carbonyl (C=O) groups is 1. The van der Waals surface area contributed by atoms with Crippen molar-refractivity contribution in [3.05, 3.63) is 29.3 Å². The third-order valence-corrected chi connectivity index (χ3v) is 2.78. The molecule has 1 aromatic rings. The lowest BCUT2D eigenvalue weighted by molar-refractivity contribution is -0.131. The summed E-state index contributed by atoms with van der Waals surface area (Å²) in [6, 6.07) is 7.25. The Kier molecular flexibility index (Phi) is 5.95. The van der Waals surface area contributed by atoms with E-state index in [1.165, 1.54) is 0 Å². The van der Waals surface area contributed by atoms with Crippen molar-refractivity contribution in [2.45, 2.75) is 19.9 Å². The van der Waals surface area contributed by atoms with Crippen molar-refractivity contribution in [1.29, 1.82) is 0 Å². The van der Waals surface area contributed by atoms with Crippen LogP contribution in [0.4, 0.5) is 0 Å². The van der Waals surface area contributed by atoms with E-state index in [1.807, 2.05) is 13.8 Å². The lowest BCUT2D eigenvalue weighted by Gasteiger charge is -2.26. The molecule has 0 radical (unpaired) electrons. The molecule has 0 heterocycles. The predicted molar refractivity (Wildman–Crippen MR) is 72.9 cm³/mol. The Morgan fingerprint density at radius 1 is 1.39 bits per heavy atom. The number of amides is 1. The highest BCUT2D eigenvalue weighted by atomic mass is 35.5. The van der Waals surface area contributed by atoms with Gasteiger partial charge in [-0.05, 0) is 38.1 Å². The van der Waals surface area contributed by atoms with Gasteiger partial charge in [-0.1, -0.05) is 11.6 Å². The lowest BCUT2D eigenvalue weighted by atomic mass is 10.3. The summed E-state index contributed by atoms with van der Waals surface area (Å²) in [7, 11) is 0. The number of rotatable bonds is 6. The Morgan fingerprint density at radius 3 is 2.50 bits per heavy atom. The molecular formula is C13H19ClN2O2. The van der Waals surface area contributed by atoms with Gasteiger partial charge in [-0.2, -0.15) is 0 Å². The van der Waals surface area contributed by atoms with Crippen LogP contribution >= 0.6 is 11.6 Å². The molecule has 0 aliphatic carbocycles. The number of ether oxygens (including phenoxy) is 1. The zero-order chi connectivity index (χ0) is 13.5. The molecule has 5 heteroatoms. The highest BCUT2D eigenvalue weighted by molar-refractivity contribution is 6.30. The minimum atomic E-state index is -0.0651. The van der Waals surface area contributed by atoms with Gasteiger partial charge in [0.25, 0.3) is 0 Å². The quantitative estimate of drug-likeness (QED) is 0.859. The molecule has 4 nitrogen and oxygen atoms in total. The van der Waals surface area contributed by atoms with Crippen LogP contribution in [0, 0.1) is 0 Å². The van der Waals surface area contributed by atoms with Crippen molar-refractivity contribution in [3.63, 3.8) is 0 Å². The van der Waals surface area contributed by atoms with Crippen molar-refractivity contribution in [1.82, 2.24) is 4.90 Å². The van der Waals surface area contributed by atoms with Crippen LogP contribution in [0.2, 0.25) is 5.02 Å². The molecule has 18 heavy (non-hydrogen) atoms. The minimum absolute atomic E-state index is 0.0269. The van der Waals surface area contributed by atoms with E-state index in [2.05, 4.69) is 0 Å². The molecule has 1 amide bonds. The van der Waals surface area contributed by atoms with Crippen LogP contribution in [-0.4, -0.2) is 36.5 Å². The molecule has 0 unspecified atom stereocenters. The van der Waals surface area contributed by atoms with Gasteiger partial charge in [-0.3, -0.25) is 4.79 Å². The van der Waals surface area contributed by atoms with E-state index in [0.717, 1.165) is 5.75 Å². The lowest BCUT2D eigenvalue weighted by Crippen LogP contribution is -2.43. The van der Waals surface area contributed by atoms with Gasteiger partial charge in [-0.25, -0.2) is 0 Å². The van der Waals surface area contributed by atoms with E-state index in [1.54, 1.807) is 29.2 Å². The zero-order valence-electron chi connectivity index (χ0n) is 10.7. The number of hydrogen-bond donors (Lipinski definition) is 1. The fourth-order valence-corrected chi connectivity index (χ4v) is 1.71. The third-order valence-electron chi connectivity index (χ3n) is 2.53. The highest BCUT2D eigenvalue weighted by Crippen LogP contribution is 2.15. The first-order chi connectivity index (χ1) is 8.54. The number of nitrogens with zero attached hydrogens (tertiary/aromatic N) is 1. The molecular weight excluding hydrogens is 252 g/mol. The number of carbonyl (C=O) groups excluding carboxylic acids is 1. The summed E-state index contributed by atoms with van der Waals surface area (Å²) >= 11 is 5.78. The van der Waals surface area contributed by atoms with Crippen molar-refractivity contribution >= 4 is 17.5 Å². The van der Waals surface area contributed by atoms with Gasteiger partial charge in [0.05, 0.1) is 13.1 Å². The predicted octanol–water partition coefficient (Wildman–Crippen LogP) is 1.91. The van der Waals surface area contributed by atoms with Gasteiger partial charge >= 0.3 is 0 Å². The monoisotopic (exact) mass is 270 g/mol. The van der Waals surface area contributed by atoms with E-state index in [4.69, 9.17) is 22.1 Å². The molecule has 0 aromatic heterocycles. The van der Waals surface area contributed by atoms with E-state index in [-0.39, 0.29) is 18.5 Å². The second-order valence-corrected chi connectivity index (χ2v) is 4.62. The first-order valence-corrected chi connectivity index (χ1v) is 6.30. The van der Waals surface area contributed by atoms with Gasteiger partial charge in [-0.15, -0.1) is 0 Å². The van der Waals surface area contributed by atoms with Gasteiger partial charge in [0.1, 0.15) is 12.4 Å². The third kappa shape index (κ3) is 4.55. The normalized spacial score (nSPS) is 10.5.